The summed E-state index contributed by atoms with van der Waals surface area (Å²) in [5, 5.41) is 3.89. The third-order valence-corrected chi connectivity index (χ3v) is 6.88. The number of sulfonamides is 1. The van der Waals surface area contributed by atoms with Crippen LogP contribution in [0.4, 0.5) is 0 Å². The Morgan fingerprint density at radius 1 is 1.24 bits per heavy atom. The fourth-order valence-electron chi connectivity index (χ4n) is 3.44. The molecule has 2 aromatic rings. The minimum Gasteiger partial charge on any atom is -0.320 e. The van der Waals surface area contributed by atoms with Crippen molar-refractivity contribution in [3.63, 3.8) is 0 Å². The van der Waals surface area contributed by atoms with Crippen LogP contribution in [0.5, 0.6) is 0 Å². The number of nitrogens with one attached hydrogen (secondary N) is 1. The second-order valence-electron chi connectivity index (χ2n) is 6.52. The number of halogens is 1. The van der Waals surface area contributed by atoms with Crippen LogP contribution >= 0.6 is 12.4 Å². The van der Waals surface area contributed by atoms with E-state index >= 15 is 0 Å². The molecule has 0 saturated carbocycles. The molecule has 1 aliphatic heterocycles. The van der Waals surface area contributed by atoms with Crippen molar-refractivity contribution in [2.45, 2.75) is 31.1 Å². The third kappa shape index (κ3) is 4.14. The molecule has 1 fully saturated rings. The Morgan fingerprint density at radius 2 is 1.96 bits per heavy atom. The number of aromatic nitrogens is 1. The van der Waals surface area contributed by atoms with Crippen LogP contribution in [-0.2, 0) is 10.0 Å². The molecule has 2 heterocycles. The first-order chi connectivity index (χ1) is 11.5. The molecular weight excluding hydrogens is 358 g/mol. The summed E-state index contributed by atoms with van der Waals surface area (Å²) >= 11 is 0. The number of fused-ring (bicyclic) bond motifs is 1. The molecule has 1 N–H and O–H groups in total. The molecule has 5 nitrogen and oxygen atoms in total. The predicted molar refractivity (Wildman–Crippen MR) is 104 cm³/mol. The molecule has 7 heteroatoms. The molecule has 1 saturated heterocycles. The van der Waals surface area contributed by atoms with Crippen LogP contribution < -0.4 is 5.32 Å². The van der Waals surface area contributed by atoms with Gasteiger partial charge in [-0.05, 0) is 69.5 Å². The zero-order valence-corrected chi connectivity index (χ0v) is 16.4. The van der Waals surface area contributed by atoms with Gasteiger partial charge in [0.1, 0.15) is 0 Å². The van der Waals surface area contributed by atoms with E-state index in [9.17, 15) is 8.42 Å². The molecule has 0 unspecified atom stereocenters. The molecule has 0 atom stereocenters. The van der Waals surface area contributed by atoms with Crippen LogP contribution in [0.1, 0.15) is 24.8 Å². The first-order valence-corrected chi connectivity index (χ1v) is 9.97. The summed E-state index contributed by atoms with van der Waals surface area (Å²) in [6.45, 7) is 4.16. The standard InChI is InChI=1S/C18H25N3O2S.ClH/c1-14-5-6-17(16-4-3-10-20-18(14)16)24(22,23)21-12-8-15(9-13-21)7-11-19-2;/h3-6,10,15,19H,7-9,11-13H2,1-2H3;1H. The second-order valence-corrected chi connectivity index (χ2v) is 8.43. The summed E-state index contributed by atoms with van der Waals surface area (Å²) < 4.78 is 27.9. The highest BCUT2D eigenvalue weighted by molar-refractivity contribution is 7.89. The predicted octanol–water partition coefficient (Wildman–Crippen LogP) is 2.98. The number of hydrogen-bond donors (Lipinski definition) is 1. The van der Waals surface area contributed by atoms with Crippen LogP contribution in [0.2, 0.25) is 0 Å². The van der Waals surface area contributed by atoms with E-state index in [-0.39, 0.29) is 12.4 Å². The maximum atomic E-state index is 13.1. The second kappa shape index (κ2) is 8.45. The molecule has 1 aliphatic rings. The Hall–Kier alpha value is -1.21. The van der Waals surface area contributed by atoms with Crippen molar-refractivity contribution in [1.29, 1.82) is 0 Å². The van der Waals surface area contributed by atoms with E-state index in [0.717, 1.165) is 42.3 Å². The van der Waals surface area contributed by atoms with E-state index in [2.05, 4.69) is 10.3 Å². The lowest BCUT2D eigenvalue weighted by atomic mass is 9.95. The normalized spacial score (nSPS) is 16.7. The minimum absolute atomic E-state index is 0. The Morgan fingerprint density at radius 3 is 2.64 bits per heavy atom. The van der Waals surface area contributed by atoms with Gasteiger partial charge in [0.15, 0.2) is 0 Å². The zero-order valence-electron chi connectivity index (χ0n) is 14.7. The Kier molecular flexibility index (Phi) is 6.79. The SMILES string of the molecule is CNCCC1CCN(S(=O)(=O)c2ccc(C)c3ncccc23)CC1.Cl. The highest BCUT2D eigenvalue weighted by Crippen LogP contribution is 2.30. The first-order valence-electron chi connectivity index (χ1n) is 8.53. The molecule has 3 rings (SSSR count). The van der Waals surface area contributed by atoms with Gasteiger partial charge < -0.3 is 5.32 Å². The lowest BCUT2D eigenvalue weighted by molar-refractivity contribution is 0.263. The largest absolute Gasteiger partial charge is 0.320 e. The van der Waals surface area contributed by atoms with Crippen molar-refractivity contribution in [2.24, 2.45) is 5.92 Å². The van der Waals surface area contributed by atoms with Gasteiger partial charge in [0.25, 0.3) is 0 Å². The van der Waals surface area contributed by atoms with Gasteiger partial charge in [-0.2, -0.15) is 4.31 Å². The number of rotatable bonds is 5. The first kappa shape index (κ1) is 20.1. The van der Waals surface area contributed by atoms with Gasteiger partial charge in [-0.1, -0.05) is 6.07 Å². The van der Waals surface area contributed by atoms with Gasteiger partial charge in [-0.15, -0.1) is 12.4 Å². The lowest BCUT2D eigenvalue weighted by Crippen LogP contribution is -2.39. The molecule has 0 spiro atoms. The van der Waals surface area contributed by atoms with Gasteiger partial charge in [0.05, 0.1) is 10.4 Å². The lowest BCUT2D eigenvalue weighted by Gasteiger charge is -2.31. The van der Waals surface area contributed by atoms with Crippen molar-refractivity contribution in [3.8, 4) is 0 Å². The molecule has 138 valence electrons. The highest BCUT2D eigenvalue weighted by atomic mass is 35.5. The maximum absolute atomic E-state index is 13.1. The highest BCUT2D eigenvalue weighted by Gasteiger charge is 2.30. The van der Waals surface area contributed by atoms with Gasteiger partial charge in [-0.25, -0.2) is 8.42 Å². The average molecular weight is 384 g/mol. The van der Waals surface area contributed by atoms with Crippen LogP contribution in [0.3, 0.4) is 0 Å². The Bertz CT molecular complexity index is 818. The van der Waals surface area contributed by atoms with Crippen molar-refractivity contribution in [3.05, 3.63) is 36.0 Å². The van der Waals surface area contributed by atoms with E-state index in [0.29, 0.717) is 23.9 Å². The Labute approximate surface area is 156 Å². The van der Waals surface area contributed by atoms with Crippen LogP contribution in [0.15, 0.2) is 35.4 Å². The topological polar surface area (TPSA) is 62.3 Å². The Balaban J connectivity index is 0.00000225. The van der Waals surface area contributed by atoms with E-state index in [1.807, 2.05) is 26.1 Å². The number of nitrogens with zero attached hydrogens (tertiary/aromatic N) is 2. The number of pyridine rings is 1. The molecule has 0 radical (unpaired) electrons. The summed E-state index contributed by atoms with van der Waals surface area (Å²) in [7, 11) is -1.52. The molecule has 0 amide bonds. The monoisotopic (exact) mass is 383 g/mol. The summed E-state index contributed by atoms with van der Waals surface area (Å²) in [5.74, 6) is 0.611. The van der Waals surface area contributed by atoms with Crippen molar-refractivity contribution in [2.75, 3.05) is 26.7 Å². The fourth-order valence-corrected chi connectivity index (χ4v) is 5.09. The van der Waals surface area contributed by atoms with Gasteiger partial charge in [0, 0.05) is 24.7 Å². The zero-order chi connectivity index (χ0) is 17.2. The van der Waals surface area contributed by atoms with E-state index in [1.54, 1.807) is 22.6 Å². The maximum Gasteiger partial charge on any atom is 0.243 e. The average Bonchev–Trinajstić information content (AvgIpc) is 2.60. The molecular formula is C18H26ClN3O2S. The van der Waals surface area contributed by atoms with Crippen molar-refractivity contribution in [1.82, 2.24) is 14.6 Å². The minimum atomic E-state index is -3.47. The van der Waals surface area contributed by atoms with E-state index in [1.165, 1.54) is 0 Å². The molecule has 1 aromatic carbocycles. The number of benzene rings is 1. The van der Waals surface area contributed by atoms with Crippen LogP contribution in [-0.4, -0.2) is 44.4 Å². The third-order valence-electron chi connectivity index (χ3n) is 4.93. The summed E-state index contributed by atoms with van der Waals surface area (Å²) in [6, 6.07) is 7.22. The van der Waals surface area contributed by atoms with Crippen LogP contribution in [0.25, 0.3) is 10.9 Å². The van der Waals surface area contributed by atoms with Gasteiger partial charge in [-0.3, -0.25) is 4.98 Å². The van der Waals surface area contributed by atoms with Crippen molar-refractivity contribution < 1.29 is 8.42 Å². The summed E-state index contributed by atoms with van der Waals surface area (Å²) in [6.07, 6.45) is 4.69. The number of hydrogen-bond acceptors (Lipinski definition) is 4. The van der Waals surface area contributed by atoms with Gasteiger partial charge in [0.2, 0.25) is 10.0 Å². The summed E-state index contributed by atoms with van der Waals surface area (Å²) in [4.78, 5) is 4.74. The van der Waals surface area contributed by atoms with Crippen molar-refractivity contribution >= 4 is 33.3 Å². The van der Waals surface area contributed by atoms with Crippen LogP contribution in [0, 0.1) is 12.8 Å². The fraction of sp³-hybridized carbons (Fsp3) is 0.500. The quantitative estimate of drug-likeness (QED) is 0.862. The molecule has 1 aromatic heterocycles. The number of aryl methyl sites for hydroxylation is 1. The molecule has 0 bridgehead atoms. The van der Waals surface area contributed by atoms with E-state index in [4.69, 9.17) is 0 Å². The smallest absolute Gasteiger partial charge is 0.243 e. The van der Waals surface area contributed by atoms with Gasteiger partial charge >= 0.3 is 0 Å². The molecule has 25 heavy (non-hydrogen) atoms. The number of piperidine rings is 1. The summed E-state index contributed by atoms with van der Waals surface area (Å²) in [5.41, 5.74) is 1.76. The van der Waals surface area contributed by atoms with E-state index < -0.39 is 10.0 Å². The molecule has 0 aliphatic carbocycles.